The van der Waals surface area contributed by atoms with Crippen molar-refractivity contribution in [3.8, 4) is 5.75 Å². The Hall–Kier alpha value is -2.14. The van der Waals surface area contributed by atoms with Gasteiger partial charge in [-0.15, -0.1) is 0 Å². The molecule has 0 aromatic heterocycles. The van der Waals surface area contributed by atoms with Crippen molar-refractivity contribution in [3.63, 3.8) is 0 Å². The lowest BCUT2D eigenvalue weighted by atomic mass is 9.96. The number of rotatable bonds is 5. The summed E-state index contributed by atoms with van der Waals surface area (Å²) in [7, 11) is 1.57. The van der Waals surface area contributed by atoms with Gasteiger partial charge in [0.05, 0.1) is 19.8 Å². The van der Waals surface area contributed by atoms with E-state index in [2.05, 4.69) is 4.74 Å². The Balaban J connectivity index is 2.44. The van der Waals surface area contributed by atoms with Gasteiger partial charge in [0.15, 0.2) is 0 Å². The molecule has 2 atom stereocenters. The van der Waals surface area contributed by atoms with Crippen LogP contribution in [0.5, 0.6) is 5.75 Å². The van der Waals surface area contributed by atoms with Gasteiger partial charge in [-0.25, -0.2) is 9.18 Å². The van der Waals surface area contributed by atoms with Crippen molar-refractivity contribution in [2.45, 2.75) is 19.1 Å². The molecule has 0 fully saturated rings. The quantitative estimate of drug-likeness (QED) is 0.860. The maximum Gasteiger partial charge on any atom is 0.342 e. The molecule has 0 saturated heterocycles. The number of carbonyl (C=O) groups is 1. The van der Waals surface area contributed by atoms with E-state index in [1.54, 1.807) is 26.2 Å². The van der Waals surface area contributed by atoms with E-state index >= 15 is 0 Å². The number of fused-ring (bicyclic) bond motifs is 1. The van der Waals surface area contributed by atoms with E-state index in [0.717, 1.165) is 10.8 Å². The van der Waals surface area contributed by atoms with E-state index in [1.807, 2.05) is 24.3 Å². The van der Waals surface area contributed by atoms with Crippen LogP contribution in [0.3, 0.4) is 0 Å². The fourth-order valence-electron chi connectivity index (χ4n) is 2.29. The van der Waals surface area contributed by atoms with Crippen LogP contribution in [0.2, 0.25) is 0 Å². The van der Waals surface area contributed by atoms with Gasteiger partial charge in [0.2, 0.25) is 6.17 Å². The Morgan fingerprint density at radius 3 is 2.52 bits per heavy atom. The highest BCUT2D eigenvalue weighted by Gasteiger charge is 2.29. The number of hydrogen-bond acceptors (Lipinski definition) is 4. The van der Waals surface area contributed by atoms with Gasteiger partial charge in [0.1, 0.15) is 5.75 Å². The lowest BCUT2D eigenvalue weighted by Crippen LogP contribution is -2.31. The molecule has 1 unspecified atom stereocenters. The molecule has 0 aliphatic carbocycles. The average Bonchev–Trinajstić information content (AvgIpc) is 2.52. The van der Waals surface area contributed by atoms with Crippen molar-refractivity contribution in [1.82, 2.24) is 0 Å². The summed E-state index contributed by atoms with van der Waals surface area (Å²) in [5.41, 5.74) is 6.46. The maximum atomic E-state index is 14.1. The number of carbonyl (C=O) groups excluding carboxylic acids is 1. The van der Waals surface area contributed by atoms with E-state index in [1.165, 1.54) is 0 Å². The van der Waals surface area contributed by atoms with Gasteiger partial charge in [0, 0.05) is 5.39 Å². The molecular weight excluding hydrogens is 273 g/mol. The van der Waals surface area contributed by atoms with Crippen molar-refractivity contribution in [2.24, 2.45) is 5.73 Å². The topological polar surface area (TPSA) is 61.5 Å². The van der Waals surface area contributed by atoms with Crippen molar-refractivity contribution in [3.05, 3.63) is 42.0 Å². The van der Waals surface area contributed by atoms with Crippen LogP contribution in [0.25, 0.3) is 10.8 Å². The predicted molar refractivity (Wildman–Crippen MR) is 79.0 cm³/mol. The van der Waals surface area contributed by atoms with Crippen LogP contribution in [0, 0.1) is 0 Å². The highest BCUT2D eigenvalue weighted by molar-refractivity contribution is 5.92. The first kappa shape index (κ1) is 15.3. The fourth-order valence-corrected chi connectivity index (χ4v) is 2.29. The molecule has 5 heteroatoms. The first-order valence-corrected chi connectivity index (χ1v) is 6.72. The predicted octanol–water partition coefficient (Wildman–Crippen LogP) is 2.75. The third kappa shape index (κ3) is 2.97. The molecule has 0 bridgehead atoms. The number of nitrogens with two attached hydrogens (primary N) is 1. The van der Waals surface area contributed by atoms with Crippen LogP contribution in [0.1, 0.15) is 18.5 Å². The zero-order chi connectivity index (χ0) is 15.4. The van der Waals surface area contributed by atoms with Crippen molar-refractivity contribution in [2.75, 3.05) is 13.7 Å². The minimum Gasteiger partial charge on any atom is -0.496 e. The van der Waals surface area contributed by atoms with E-state index in [0.29, 0.717) is 11.3 Å². The summed E-state index contributed by atoms with van der Waals surface area (Å²) in [5.74, 6) is -0.266. The maximum absolute atomic E-state index is 14.1. The van der Waals surface area contributed by atoms with E-state index < -0.39 is 18.2 Å². The first-order valence-electron chi connectivity index (χ1n) is 6.72. The average molecular weight is 291 g/mol. The first-order chi connectivity index (χ1) is 10.1. The van der Waals surface area contributed by atoms with Crippen LogP contribution >= 0.6 is 0 Å². The summed E-state index contributed by atoms with van der Waals surface area (Å²) < 4.78 is 24.1. The van der Waals surface area contributed by atoms with Crippen LogP contribution in [0.15, 0.2) is 36.4 Å². The number of methoxy groups -OCH3 is 1. The van der Waals surface area contributed by atoms with Crippen LogP contribution in [-0.4, -0.2) is 25.9 Å². The molecule has 2 rings (SSSR count). The number of halogens is 1. The molecule has 0 amide bonds. The van der Waals surface area contributed by atoms with Crippen molar-refractivity contribution < 1.29 is 18.7 Å². The minimum atomic E-state index is -1.90. The second-order valence-electron chi connectivity index (χ2n) is 4.58. The molecule has 112 valence electrons. The summed E-state index contributed by atoms with van der Waals surface area (Å²) in [6, 6.07) is 9.69. The van der Waals surface area contributed by atoms with Crippen LogP contribution < -0.4 is 10.5 Å². The highest BCUT2D eigenvalue weighted by atomic mass is 19.1. The molecule has 21 heavy (non-hydrogen) atoms. The van der Waals surface area contributed by atoms with Crippen molar-refractivity contribution >= 4 is 16.7 Å². The van der Waals surface area contributed by atoms with E-state index in [-0.39, 0.29) is 6.61 Å². The zero-order valence-electron chi connectivity index (χ0n) is 12.0. The lowest BCUT2D eigenvalue weighted by molar-refractivity contribution is -0.149. The number of hydrogen-bond donors (Lipinski definition) is 1. The Bertz CT molecular complexity index is 644. The van der Waals surface area contributed by atoms with Gasteiger partial charge >= 0.3 is 5.97 Å². The smallest absolute Gasteiger partial charge is 0.342 e. The van der Waals surface area contributed by atoms with Gasteiger partial charge in [-0.1, -0.05) is 30.3 Å². The number of alkyl halides is 1. The third-order valence-electron chi connectivity index (χ3n) is 3.32. The summed E-state index contributed by atoms with van der Waals surface area (Å²) in [5, 5.41) is 1.58. The Kier molecular flexibility index (Phi) is 4.75. The Morgan fingerprint density at radius 1 is 1.24 bits per heavy atom. The molecular formula is C16H18FNO3. The second kappa shape index (κ2) is 6.54. The summed E-state index contributed by atoms with van der Waals surface area (Å²) in [6.45, 7) is 1.74. The summed E-state index contributed by atoms with van der Waals surface area (Å²) in [6.07, 6.45) is -1.90. The third-order valence-corrected chi connectivity index (χ3v) is 3.32. The molecule has 2 aromatic carbocycles. The number of benzene rings is 2. The number of ether oxygens (including phenoxy) is 2. The molecule has 0 aliphatic heterocycles. The second-order valence-corrected chi connectivity index (χ2v) is 4.58. The Labute approximate surface area is 122 Å². The molecule has 0 radical (unpaired) electrons. The van der Waals surface area contributed by atoms with E-state index in [4.69, 9.17) is 10.5 Å². The molecule has 0 aliphatic rings. The van der Waals surface area contributed by atoms with Crippen molar-refractivity contribution in [1.29, 1.82) is 0 Å². The Morgan fingerprint density at radius 2 is 1.90 bits per heavy atom. The lowest BCUT2D eigenvalue weighted by Gasteiger charge is -2.18. The van der Waals surface area contributed by atoms with Gasteiger partial charge in [-0.2, -0.15) is 0 Å². The van der Waals surface area contributed by atoms with E-state index in [9.17, 15) is 9.18 Å². The molecule has 0 spiro atoms. The van der Waals surface area contributed by atoms with Crippen LogP contribution in [-0.2, 0) is 9.53 Å². The highest BCUT2D eigenvalue weighted by Crippen LogP contribution is 2.32. The van der Waals surface area contributed by atoms with Gasteiger partial charge < -0.3 is 15.2 Å². The van der Waals surface area contributed by atoms with Crippen LogP contribution in [0.4, 0.5) is 4.39 Å². The molecule has 2 N–H and O–H groups in total. The number of esters is 1. The normalized spacial score (nSPS) is 13.7. The molecule has 2 aromatic rings. The SMILES string of the molecule is CCOC(=O)C(F)[C@@H](N)c1ccc(OC)c2ccccc12. The largest absolute Gasteiger partial charge is 0.496 e. The monoisotopic (exact) mass is 291 g/mol. The summed E-state index contributed by atoms with van der Waals surface area (Å²) in [4.78, 5) is 11.5. The van der Waals surface area contributed by atoms with Gasteiger partial charge in [-0.05, 0) is 23.9 Å². The fraction of sp³-hybridized carbons (Fsp3) is 0.312. The molecule has 0 heterocycles. The molecule has 0 saturated carbocycles. The minimum absolute atomic E-state index is 0.120. The zero-order valence-corrected chi connectivity index (χ0v) is 12.0. The van der Waals surface area contributed by atoms with Gasteiger partial charge in [0.25, 0.3) is 0 Å². The summed E-state index contributed by atoms with van der Waals surface area (Å²) >= 11 is 0. The molecule has 4 nitrogen and oxygen atoms in total. The standard InChI is InChI=1S/C16H18FNO3/c1-3-21-16(19)14(17)15(18)12-8-9-13(20-2)11-7-5-4-6-10(11)12/h4-9,14-15H,3,18H2,1-2H3/t14?,15-/m0/s1. The van der Waals surface area contributed by atoms with Gasteiger partial charge in [-0.3, -0.25) is 0 Å².